The van der Waals surface area contributed by atoms with Gasteiger partial charge >= 0.3 is 12.2 Å². The Hall–Kier alpha value is -0.990. The minimum Gasteiger partial charge on any atom is -0.337 e. The second kappa shape index (κ2) is 6.02. The number of urea groups is 1. The van der Waals surface area contributed by atoms with E-state index in [-0.39, 0.29) is 25.1 Å². The van der Waals surface area contributed by atoms with Crippen LogP contribution < -0.4 is 10.6 Å². The predicted octanol–water partition coefficient (Wildman–Crippen LogP) is 1.59. The van der Waals surface area contributed by atoms with Crippen molar-refractivity contribution in [2.45, 2.75) is 49.6 Å². The summed E-state index contributed by atoms with van der Waals surface area (Å²) in [5, 5.41) is 4.31. The fourth-order valence-electron chi connectivity index (χ4n) is 2.70. The molecule has 21 heavy (non-hydrogen) atoms. The molecule has 1 saturated carbocycles. The number of amides is 2. The Kier molecular flexibility index (Phi) is 4.69. The molecule has 0 bridgehead atoms. The summed E-state index contributed by atoms with van der Waals surface area (Å²) in [6.45, 7) is 0.0174. The predicted molar refractivity (Wildman–Crippen MR) is 70.5 cm³/mol. The molecule has 2 N–H and O–H groups in total. The van der Waals surface area contributed by atoms with E-state index in [9.17, 15) is 26.4 Å². The van der Waals surface area contributed by atoms with E-state index < -0.39 is 39.3 Å². The third-order valence-electron chi connectivity index (χ3n) is 4.14. The summed E-state index contributed by atoms with van der Waals surface area (Å²) in [5.74, 6) is -1.21. The molecular weight excluding hydrogens is 309 g/mol. The highest BCUT2D eigenvalue weighted by atomic mass is 32.2. The molecule has 1 saturated heterocycles. The lowest BCUT2D eigenvalue weighted by atomic mass is 9.80. The Morgan fingerprint density at radius 1 is 1.19 bits per heavy atom. The molecule has 2 amide bonds. The number of halogens is 3. The number of nitrogens with one attached hydrogen (secondary N) is 2. The standard InChI is InChI=1S/C12H19F3N2O3S/c13-12(14,15)8-5-9(6-8)17-11(18)16-7-10-3-1-2-4-21(10,19)20/h8-10H,1-7H2,(H2,16,17,18). The van der Waals surface area contributed by atoms with Gasteiger partial charge in [0.25, 0.3) is 0 Å². The maximum Gasteiger partial charge on any atom is 0.391 e. The SMILES string of the molecule is O=C(NCC1CCCCS1(=O)=O)NC1CC(C(F)(F)F)C1. The molecule has 0 radical (unpaired) electrons. The summed E-state index contributed by atoms with van der Waals surface area (Å²) < 4.78 is 60.4. The molecule has 2 aliphatic rings. The van der Waals surface area contributed by atoms with Gasteiger partial charge < -0.3 is 10.6 Å². The van der Waals surface area contributed by atoms with Gasteiger partial charge in [0.15, 0.2) is 9.84 Å². The number of hydrogen-bond donors (Lipinski definition) is 2. The normalized spacial score (nSPS) is 32.0. The molecule has 0 aromatic heterocycles. The number of carbonyl (C=O) groups is 1. The summed E-state index contributed by atoms with van der Waals surface area (Å²) in [7, 11) is -3.16. The lowest BCUT2D eigenvalue weighted by molar-refractivity contribution is -0.198. The Balaban J connectivity index is 1.69. The number of sulfone groups is 1. The lowest BCUT2D eigenvalue weighted by Gasteiger charge is -2.36. The Bertz CT molecular complexity index is 486. The van der Waals surface area contributed by atoms with Crippen molar-refractivity contribution in [3.05, 3.63) is 0 Å². The van der Waals surface area contributed by atoms with Crippen LogP contribution in [0.2, 0.25) is 0 Å². The van der Waals surface area contributed by atoms with Gasteiger partial charge in [0, 0.05) is 12.6 Å². The van der Waals surface area contributed by atoms with E-state index in [4.69, 9.17) is 0 Å². The van der Waals surface area contributed by atoms with Gasteiger partial charge in [0.2, 0.25) is 0 Å². The first-order chi connectivity index (χ1) is 9.68. The van der Waals surface area contributed by atoms with E-state index in [1.807, 2.05) is 0 Å². The highest BCUT2D eigenvalue weighted by Crippen LogP contribution is 2.40. The van der Waals surface area contributed by atoms with Gasteiger partial charge in [-0.3, -0.25) is 0 Å². The molecule has 2 rings (SSSR count). The van der Waals surface area contributed by atoms with Crippen LogP contribution in [0.3, 0.4) is 0 Å². The largest absolute Gasteiger partial charge is 0.391 e. The maximum absolute atomic E-state index is 12.3. The number of rotatable bonds is 3. The zero-order valence-electron chi connectivity index (χ0n) is 11.4. The minimum absolute atomic E-state index is 0.0174. The van der Waals surface area contributed by atoms with Gasteiger partial charge in [0.05, 0.1) is 16.9 Å². The van der Waals surface area contributed by atoms with Crippen molar-refractivity contribution < 1.29 is 26.4 Å². The van der Waals surface area contributed by atoms with Crippen LogP contribution >= 0.6 is 0 Å². The van der Waals surface area contributed by atoms with Crippen molar-refractivity contribution in [3.63, 3.8) is 0 Å². The summed E-state index contributed by atoms with van der Waals surface area (Å²) in [6.07, 6.45) is -2.46. The first-order valence-electron chi connectivity index (χ1n) is 7.01. The number of hydrogen-bond acceptors (Lipinski definition) is 3. The third-order valence-corrected chi connectivity index (χ3v) is 6.42. The van der Waals surface area contributed by atoms with Crippen LogP contribution in [0.15, 0.2) is 0 Å². The van der Waals surface area contributed by atoms with Crippen molar-refractivity contribution >= 4 is 15.9 Å². The molecule has 0 aromatic carbocycles. The van der Waals surface area contributed by atoms with Gasteiger partial charge in [-0.2, -0.15) is 13.2 Å². The molecular formula is C12H19F3N2O3S. The van der Waals surface area contributed by atoms with Crippen LogP contribution in [0, 0.1) is 5.92 Å². The van der Waals surface area contributed by atoms with E-state index >= 15 is 0 Å². The number of alkyl halides is 3. The van der Waals surface area contributed by atoms with Crippen LogP contribution in [0.5, 0.6) is 0 Å². The fourth-order valence-corrected chi connectivity index (χ4v) is 4.50. The van der Waals surface area contributed by atoms with Crippen LogP contribution in [0.4, 0.5) is 18.0 Å². The Morgan fingerprint density at radius 3 is 2.43 bits per heavy atom. The average Bonchev–Trinajstić information content (AvgIpc) is 2.29. The molecule has 1 aliphatic heterocycles. The van der Waals surface area contributed by atoms with Crippen LogP contribution in [-0.4, -0.2) is 44.2 Å². The molecule has 1 unspecified atom stereocenters. The maximum atomic E-state index is 12.3. The van der Waals surface area contributed by atoms with E-state index in [0.717, 1.165) is 6.42 Å². The Labute approximate surface area is 121 Å². The van der Waals surface area contributed by atoms with Gasteiger partial charge in [-0.05, 0) is 25.7 Å². The van der Waals surface area contributed by atoms with Crippen LogP contribution in [-0.2, 0) is 9.84 Å². The molecule has 2 fully saturated rings. The second-order valence-corrected chi connectivity index (χ2v) is 8.15. The summed E-state index contributed by atoms with van der Waals surface area (Å²) in [5.41, 5.74) is 0. The van der Waals surface area contributed by atoms with Crippen LogP contribution in [0.1, 0.15) is 32.1 Å². The summed E-state index contributed by atoms with van der Waals surface area (Å²) >= 11 is 0. The minimum atomic E-state index is -4.20. The molecule has 1 atom stereocenters. The summed E-state index contributed by atoms with van der Waals surface area (Å²) in [6, 6.07) is -1.08. The molecule has 122 valence electrons. The van der Waals surface area contributed by atoms with Crippen LogP contribution in [0.25, 0.3) is 0 Å². The third kappa shape index (κ3) is 4.24. The highest BCUT2D eigenvalue weighted by Gasteiger charge is 2.48. The molecule has 1 heterocycles. The quantitative estimate of drug-likeness (QED) is 0.826. The molecule has 0 spiro atoms. The van der Waals surface area contributed by atoms with Crippen molar-refractivity contribution in [1.29, 1.82) is 0 Å². The zero-order valence-corrected chi connectivity index (χ0v) is 12.3. The monoisotopic (exact) mass is 328 g/mol. The molecule has 5 nitrogen and oxygen atoms in total. The van der Waals surface area contributed by atoms with E-state index in [0.29, 0.717) is 12.8 Å². The zero-order chi connectivity index (χ0) is 15.7. The van der Waals surface area contributed by atoms with Crippen molar-refractivity contribution in [1.82, 2.24) is 10.6 Å². The van der Waals surface area contributed by atoms with Gasteiger partial charge in [-0.15, -0.1) is 0 Å². The van der Waals surface area contributed by atoms with Gasteiger partial charge in [0.1, 0.15) is 0 Å². The number of carbonyl (C=O) groups excluding carboxylic acids is 1. The fraction of sp³-hybridized carbons (Fsp3) is 0.917. The highest BCUT2D eigenvalue weighted by molar-refractivity contribution is 7.92. The summed E-state index contributed by atoms with van der Waals surface area (Å²) in [4.78, 5) is 11.6. The first kappa shape index (κ1) is 16.4. The van der Waals surface area contributed by atoms with Crippen molar-refractivity contribution in [3.8, 4) is 0 Å². The smallest absolute Gasteiger partial charge is 0.337 e. The Morgan fingerprint density at radius 2 is 1.86 bits per heavy atom. The van der Waals surface area contributed by atoms with Crippen molar-refractivity contribution in [2.75, 3.05) is 12.3 Å². The molecule has 9 heteroatoms. The van der Waals surface area contributed by atoms with Crippen molar-refractivity contribution in [2.24, 2.45) is 5.92 Å². The van der Waals surface area contributed by atoms with Gasteiger partial charge in [-0.25, -0.2) is 13.2 Å². The molecule has 0 aromatic rings. The first-order valence-corrected chi connectivity index (χ1v) is 8.72. The molecule has 1 aliphatic carbocycles. The second-order valence-electron chi connectivity index (χ2n) is 5.75. The topological polar surface area (TPSA) is 75.3 Å². The van der Waals surface area contributed by atoms with E-state index in [1.165, 1.54) is 0 Å². The van der Waals surface area contributed by atoms with E-state index in [1.54, 1.807) is 0 Å². The van der Waals surface area contributed by atoms with Gasteiger partial charge in [-0.1, -0.05) is 6.42 Å². The van der Waals surface area contributed by atoms with E-state index in [2.05, 4.69) is 10.6 Å². The lowest BCUT2D eigenvalue weighted by Crippen LogP contribution is -2.52. The average molecular weight is 328 g/mol.